The summed E-state index contributed by atoms with van der Waals surface area (Å²) in [7, 11) is 0. The van der Waals surface area contributed by atoms with Gasteiger partial charge in [-0.3, -0.25) is 0 Å². The van der Waals surface area contributed by atoms with E-state index in [1.165, 1.54) is 24.7 Å². The molecule has 0 spiro atoms. The number of hydrogen-bond acceptors (Lipinski definition) is 7. The van der Waals surface area contributed by atoms with Gasteiger partial charge in [0.15, 0.2) is 11.6 Å². The second-order valence-corrected chi connectivity index (χ2v) is 5.75. The number of nitrogens with zero attached hydrogens (tertiary/aromatic N) is 5. The van der Waals surface area contributed by atoms with E-state index in [1.54, 1.807) is 41.1 Å². The Bertz CT molecular complexity index is 1150. The van der Waals surface area contributed by atoms with Gasteiger partial charge >= 0.3 is 0 Å². The molecule has 138 valence electrons. The van der Waals surface area contributed by atoms with Crippen LogP contribution >= 0.6 is 0 Å². The van der Waals surface area contributed by atoms with Crippen LogP contribution in [0.3, 0.4) is 0 Å². The molecule has 1 aromatic carbocycles. The van der Waals surface area contributed by atoms with Crippen molar-refractivity contribution in [3.63, 3.8) is 0 Å². The molecule has 28 heavy (non-hydrogen) atoms. The topological polar surface area (TPSA) is 106 Å². The van der Waals surface area contributed by atoms with Crippen molar-refractivity contribution < 1.29 is 13.4 Å². The average molecular weight is 376 g/mol. The molecule has 0 aliphatic carbocycles. The molecular weight excluding hydrogens is 363 g/mol. The lowest BCUT2D eigenvalue weighted by Gasteiger charge is -2.05. The highest BCUT2D eigenvalue weighted by molar-refractivity contribution is 5.61. The summed E-state index contributed by atoms with van der Waals surface area (Å²) in [5.41, 5.74) is 2.00. The van der Waals surface area contributed by atoms with Gasteiger partial charge in [0.25, 0.3) is 0 Å². The van der Waals surface area contributed by atoms with E-state index in [0.717, 1.165) is 0 Å². The number of imidazole rings is 1. The van der Waals surface area contributed by atoms with Crippen molar-refractivity contribution >= 4 is 11.9 Å². The smallest absolute Gasteiger partial charge is 0.169 e. The second kappa shape index (κ2) is 7.59. The molecule has 3 heterocycles. The zero-order valence-corrected chi connectivity index (χ0v) is 14.4. The Balaban J connectivity index is 1.51. The van der Waals surface area contributed by atoms with Crippen LogP contribution in [-0.4, -0.2) is 19.9 Å². The standard InChI is InChI=1S/C19H13FN6O2/c20-16-8-13(3-4-18(16)26-11-14(23-12-26)2-1-6-21)17-9-15(28-24-17)10-22-19-5-7-27-25-19/h1-5,7-9,11-12H,10H2,(H,22,25)/b2-1+. The summed E-state index contributed by atoms with van der Waals surface area (Å²) < 4.78 is 26.2. The van der Waals surface area contributed by atoms with Crippen molar-refractivity contribution in [1.29, 1.82) is 5.26 Å². The molecule has 0 saturated carbocycles. The van der Waals surface area contributed by atoms with Crippen molar-refractivity contribution in [2.24, 2.45) is 0 Å². The summed E-state index contributed by atoms with van der Waals surface area (Å²) >= 11 is 0. The summed E-state index contributed by atoms with van der Waals surface area (Å²) in [6.07, 6.45) is 7.44. The van der Waals surface area contributed by atoms with E-state index in [9.17, 15) is 4.39 Å². The fourth-order valence-electron chi connectivity index (χ4n) is 2.57. The van der Waals surface area contributed by atoms with Gasteiger partial charge in [-0.2, -0.15) is 5.26 Å². The third-order valence-corrected chi connectivity index (χ3v) is 3.89. The van der Waals surface area contributed by atoms with Gasteiger partial charge < -0.3 is 18.9 Å². The van der Waals surface area contributed by atoms with Gasteiger partial charge in [-0.25, -0.2) is 9.37 Å². The number of allylic oxidation sites excluding steroid dienone is 1. The number of rotatable bonds is 6. The van der Waals surface area contributed by atoms with Gasteiger partial charge in [-0.05, 0) is 18.2 Å². The van der Waals surface area contributed by atoms with Gasteiger partial charge in [0.2, 0.25) is 0 Å². The Morgan fingerprint density at radius 3 is 2.96 bits per heavy atom. The van der Waals surface area contributed by atoms with Crippen LogP contribution in [0.1, 0.15) is 11.5 Å². The Kier molecular flexibility index (Phi) is 4.67. The minimum Gasteiger partial charge on any atom is -0.363 e. The van der Waals surface area contributed by atoms with Gasteiger partial charge in [0, 0.05) is 30.0 Å². The number of aromatic nitrogens is 4. The van der Waals surface area contributed by atoms with Gasteiger partial charge in [0.1, 0.15) is 17.8 Å². The fraction of sp³-hybridized carbons (Fsp3) is 0.0526. The van der Waals surface area contributed by atoms with E-state index in [1.807, 2.05) is 6.07 Å². The minimum absolute atomic E-state index is 0.337. The summed E-state index contributed by atoms with van der Waals surface area (Å²) in [5, 5.41) is 19.3. The van der Waals surface area contributed by atoms with E-state index < -0.39 is 5.82 Å². The zero-order valence-electron chi connectivity index (χ0n) is 14.4. The summed E-state index contributed by atoms with van der Waals surface area (Å²) in [6, 6.07) is 10.1. The van der Waals surface area contributed by atoms with E-state index in [0.29, 0.717) is 40.8 Å². The number of anilines is 1. The highest BCUT2D eigenvalue weighted by Gasteiger charge is 2.11. The number of halogens is 1. The van der Waals surface area contributed by atoms with Crippen LogP contribution in [-0.2, 0) is 6.54 Å². The maximum atomic E-state index is 14.6. The molecule has 0 unspecified atom stereocenters. The first-order valence-electron chi connectivity index (χ1n) is 8.23. The SMILES string of the molecule is N#C/C=C/c1cn(-c2ccc(-c3cc(CNc4ccon4)on3)cc2F)cn1. The third-order valence-electron chi connectivity index (χ3n) is 3.89. The number of nitrogens with one attached hydrogen (secondary N) is 1. The van der Waals surface area contributed by atoms with Crippen LogP contribution in [0.4, 0.5) is 10.2 Å². The first-order valence-corrected chi connectivity index (χ1v) is 8.23. The maximum Gasteiger partial charge on any atom is 0.169 e. The van der Waals surface area contributed by atoms with Crippen molar-refractivity contribution in [1.82, 2.24) is 19.9 Å². The van der Waals surface area contributed by atoms with Gasteiger partial charge in [0.05, 0.1) is 30.3 Å². The van der Waals surface area contributed by atoms with Crippen LogP contribution in [0.25, 0.3) is 23.0 Å². The highest BCUT2D eigenvalue weighted by atomic mass is 19.1. The quantitative estimate of drug-likeness (QED) is 0.510. The molecule has 0 fully saturated rings. The molecule has 4 rings (SSSR count). The first-order chi connectivity index (χ1) is 13.7. The number of hydrogen-bond donors (Lipinski definition) is 1. The van der Waals surface area contributed by atoms with Crippen molar-refractivity contribution in [2.75, 3.05) is 5.32 Å². The Morgan fingerprint density at radius 1 is 1.25 bits per heavy atom. The van der Waals surface area contributed by atoms with Crippen LogP contribution in [0.15, 0.2) is 64.2 Å². The molecule has 0 bridgehead atoms. The third kappa shape index (κ3) is 3.66. The van der Waals surface area contributed by atoms with Crippen molar-refractivity contribution in [3.8, 4) is 23.0 Å². The molecule has 0 saturated heterocycles. The molecule has 0 aliphatic heterocycles. The summed E-state index contributed by atoms with van der Waals surface area (Å²) in [4.78, 5) is 4.11. The highest BCUT2D eigenvalue weighted by Crippen LogP contribution is 2.24. The number of benzene rings is 1. The molecule has 1 N–H and O–H groups in total. The van der Waals surface area contributed by atoms with Crippen molar-refractivity contribution in [2.45, 2.75) is 6.54 Å². The second-order valence-electron chi connectivity index (χ2n) is 5.75. The fourth-order valence-corrected chi connectivity index (χ4v) is 2.57. The predicted octanol–water partition coefficient (Wildman–Crippen LogP) is 3.80. The van der Waals surface area contributed by atoms with Gasteiger partial charge in [-0.15, -0.1) is 0 Å². The Morgan fingerprint density at radius 2 is 2.18 bits per heavy atom. The van der Waals surface area contributed by atoms with Crippen LogP contribution < -0.4 is 5.32 Å². The summed E-state index contributed by atoms with van der Waals surface area (Å²) in [5.74, 6) is 0.722. The zero-order chi connectivity index (χ0) is 19.3. The van der Waals surface area contributed by atoms with Crippen LogP contribution in [0, 0.1) is 17.1 Å². The Hall–Kier alpha value is -4.19. The predicted molar refractivity (Wildman–Crippen MR) is 97.5 cm³/mol. The maximum absolute atomic E-state index is 14.6. The molecule has 9 heteroatoms. The molecule has 0 aliphatic rings. The molecule has 0 amide bonds. The number of nitriles is 1. The van der Waals surface area contributed by atoms with Crippen molar-refractivity contribution in [3.05, 3.63) is 72.5 Å². The van der Waals surface area contributed by atoms with E-state index in [4.69, 9.17) is 14.3 Å². The molecule has 4 aromatic rings. The molecule has 8 nitrogen and oxygen atoms in total. The van der Waals surface area contributed by atoms with Crippen LogP contribution in [0.5, 0.6) is 0 Å². The van der Waals surface area contributed by atoms with Crippen LogP contribution in [0.2, 0.25) is 0 Å². The lowest BCUT2D eigenvalue weighted by molar-refractivity contribution is 0.389. The van der Waals surface area contributed by atoms with E-state index >= 15 is 0 Å². The van der Waals surface area contributed by atoms with E-state index in [-0.39, 0.29) is 0 Å². The molecule has 0 atom stereocenters. The summed E-state index contributed by atoms with van der Waals surface area (Å²) in [6.45, 7) is 0.369. The first kappa shape index (κ1) is 17.2. The Labute approximate surface area is 158 Å². The monoisotopic (exact) mass is 376 g/mol. The minimum atomic E-state index is -0.434. The lowest BCUT2D eigenvalue weighted by Crippen LogP contribution is -1.97. The molecule has 3 aromatic heterocycles. The average Bonchev–Trinajstić information content (AvgIpc) is 3.46. The molecular formula is C19H13FN6O2. The largest absolute Gasteiger partial charge is 0.363 e. The molecule has 0 radical (unpaired) electrons. The lowest BCUT2D eigenvalue weighted by atomic mass is 10.1. The van der Waals surface area contributed by atoms with E-state index in [2.05, 4.69) is 20.6 Å². The normalized spacial score (nSPS) is 11.0. The van der Waals surface area contributed by atoms with Gasteiger partial charge in [-0.1, -0.05) is 16.4 Å².